The van der Waals surface area contributed by atoms with Crippen molar-refractivity contribution in [1.82, 2.24) is 14.8 Å². The standard InChI is InChI=1S/C12H21N3OS/c1-2-14-5-7-15(8-6-14)4-3-12-13-9-11(10-16)17-12/h9,16H,2-8,10H2,1H3. The van der Waals surface area contributed by atoms with Gasteiger partial charge in [-0.05, 0) is 6.54 Å². The van der Waals surface area contributed by atoms with Gasteiger partial charge in [0.05, 0.1) is 16.5 Å². The minimum atomic E-state index is 0.118. The highest BCUT2D eigenvalue weighted by atomic mass is 32.1. The lowest BCUT2D eigenvalue weighted by atomic mass is 10.3. The van der Waals surface area contributed by atoms with Gasteiger partial charge in [-0.15, -0.1) is 11.3 Å². The van der Waals surface area contributed by atoms with Crippen molar-refractivity contribution in [2.45, 2.75) is 20.0 Å². The number of likely N-dealkylation sites (N-methyl/N-ethyl adjacent to an activating group) is 1. The van der Waals surface area contributed by atoms with Gasteiger partial charge in [-0.1, -0.05) is 6.92 Å². The van der Waals surface area contributed by atoms with Crippen LogP contribution in [0.5, 0.6) is 0 Å². The number of hydrogen-bond acceptors (Lipinski definition) is 5. The van der Waals surface area contributed by atoms with Gasteiger partial charge in [0.2, 0.25) is 0 Å². The molecule has 0 radical (unpaired) electrons. The summed E-state index contributed by atoms with van der Waals surface area (Å²) in [6.07, 6.45) is 2.80. The summed E-state index contributed by atoms with van der Waals surface area (Å²) < 4.78 is 0. The number of aliphatic hydroxyl groups excluding tert-OH is 1. The van der Waals surface area contributed by atoms with E-state index in [0.717, 1.165) is 22.9 Å². The maximum atomic E-state index is 8.98. The Kier molecular flexibility index (Phi) is 4.91. The Bertz CT molecular complexity index is 334. The second-order valence-electron chi connectivity index (χ2n) is 4.40. The summed E-state index contributed by atoms with van der Waals surface area (Å²) in [7, 11) is 0. The summed E-state index contributed by atoms with van der Waals surface area (Å²) >= 11 is 1.63. The van der Waals surface area contributed by atoms with Gasteiger partial charge in [0.15, 0.2) is 0 Å². The molecule has 17 heavy (non-hydrogen) atoms. The second-order valence-corrected chi connectivity index (χ2v) is 5.60. The highest BCUT2D eigenvalue weighted by molar-refractivity contribution is 7.11. The Labute approximate surface area is 107 Å². The van der Waals surface area contributed by atoms with E-state index in [1.165, 1.54) is 32.7 Å². The highest BCUT2D eigenvalue weighted by Gasteiger charge is 2.15. The van der Waals surface area contributed by atoms with Crippen molar-refractivity contribution in [1.29, 1.82) is 0 Å². The summed E-state index contributed by atoms with van der Waals surface area (Å²) in [4.78, 5) is 10.3. The smallest absolute Gasteiger partial charge is 0.0941 e. The van der Waals surface area contributed by atoms with Gasteiger partial charge in [-0.25, -0.2) is 4.98 Å². The maximum absolute atomic E-state index is 8.98. The number of piperazine rings is 1. The lowest BCUT2D eigenvalue weighted by molar-refractivity contribution is 0.138. The van der Waals surface area contributed by atoms with Gasteiger partial charge < -0.3 is 14.9 Å². The third-order valence-electron chi connectivity index (χ3n) is 3.31. The van der Waals surface area contributed by atoms with Gasteiger partial charge >= 0.3 is 0 Å². The van der Waals surface area contributed by atoms with Gasteiger partial charge in [0.25, 0.3) is 0 Å². The van der Waals surface area contributed by atoms with E-state index in [1.807, 2.05) is 0 Å². The average Bonchev–Trinajstić information content (AvgIpc) is 2.85. The van der Waals surface area contributed by atoms with E-state index in [-0.39, 0.29) is 6.61 Å². The van der Waals surface area contributed by atoms with Crippen molar-refractivity contribution in [3.8, 4) is 0 Å². The molecule has 1 saturated heterocycles. The molecular formula is C12H21N3OS. The fraction of sp³-hybridized carbons (Fsp3) is 0.750. The Hall–Kier alpha value is -0.490. The van der Waals surface area contributed by atoms with Crippen molar-refractivity contribution in [2.75, 3.05) is 39.3 Å². The number of thiazole rings is 1. The Morgan fingerprint density at radius 1 is 1.29 bits per heavy atom. The summed E-state index contributed by atoms with van der Waals surface area (Å²) in [5, 5.41) is 10.1. The van der Waals surface area contributed by atoms with Crippen molar-refractivity contribution >= 4 is 11.3 Å². The maximum Gasteiger partial charge on any atom is 0.0941 e. The van der Waals surface area contributed by atoms with Crippen LogP contribution < -0.4 is 0 Å². The first-order valence-corrected chi connectivity index (χ1v) is 7.12. The van der Waals surface area contributed by atoms with E-state index in [4.69, 9.17) is 5.11 Å². The van der Waals surface area contributed by atoms with Crippen molar-refractivity contribution in [3.63, 3.8) is 0 Å². The molecule has 5 heteroatoms. The molecule has 0 unspecified atom stereocenters. The van der Waals surface area contributed by atoms with E-state index < -0.39 is 0 Å². The van der Waals surface area contributed by atoms with E-state index in [9.17, 15) is 0 Å². The fourth-order valence-corrected chi connectivity index (χ4v) is 2.89. The molecule has 0 amide bonds. The zero-order valence-electron chi connectivity index (χ0n) is 10.4. The van der Waals surface area contributed by atoms with Crippen LogP contribution in [-0.2, 0) is 13.0 Å². The summed E-state index contributed by atoms with van der Waals surface area (Å²) in [6, 6.07) is 0. The second kappa shape index (κ2) is 6.44. The molecule has 1 aromatic rings. The highest BCUT2D eigenvalue weighted by Crippen LogP contribution is 2.14. The van der Waals surface area contributed by atoms with E-state index in [1.54, 1.807) is 17.5 Å². The molecule has 96 valence electrons. The SMILES string of the molecule is CCN1CCN(CCc2ncc(CO)s2)CC1. The molecule has 1 aromatic heterocycles. The normalized spacial score (nSPS) is 18.7. The monoisotopic (exact) mass is 255 g/mol. The Balaban J connectivity index is 1.72. The molecule has 2 heterocycles. The first-order valence-electron chi connectivity index (χ1n) is 6.31. The molecule has 0 saturated carbocycles. The van der Waals surface area contributed by atoms with Crippen LogP contribution in [0.1, 0.15) is 16.8 Å². The van der Waals surface area contributed by atoms with E-state index in [0.29, 0.717) is 0 Å². The molecule has 0 atom stereocenters. The van der Waals surface area contributed by atoms with Crippen LogP contribution in [0.15, 0.2) is 6.20 Å². The zero-order chi connectivity index (χ0) is 12.1. The summed E-state index contributed by atoms with van der Waals surface area (Å²) in [6.45, 7) is 9.33. The van der Waals surface area contributed by atoms with Crippen molar-refractivity contribution < 1.29 is 5.11 Å². The molecule has 0 spiro atoms. The summed E-state index contributed by atoms with van der Waals surface area (Å²) in [5.74, 6) is 0. The average molecular weight is 255 g/mol. The van der Waals surface area contributed by atoms with E-state index >= 15 is 0 Å². The third-order valence-corrected chi connectivity index (χ3v) is 4.35. The molecule has 0 aromatic carbocycles. The molecule has 1 N–H and O–H groups in total. The minimum absolute atomic E-state index is 0.118. The third kappa shape index (κ3) is 3.74. The first kappa shape index (κ1) is 13.0. The van der Waals surface area contributed by atoms with E-state index in [2.05, 4.69) is 21.7 Å². The van der Waals surface area contributed by atoms with Crippen LogP contribution >= 0.6 is 11.3 Å². The first-order chi connectivity index (χ1) is 8.31. The number of rotatable bonds is 5. The summed E-state index contributed by atoms with van der Waals surface area (Å²) in [5.41, 5.74) is 0. The lowest BCUT2D eigenvalue weighted by Gasteiger charge is -2.33. The largest absolute Gasteiger partial charge is 0.391 e. The fourth-order valence-electron chi connectivity index (χ4n) is 2.12. The molecule has 0 bridgehead atoms. The number of nitrogens with zero attached hydrogens (tertiary/aromatic N) is 3. The van der Waals surface area contributed by atoms with Crippen LogP contribution in [-0.4, -0.2) is 59.2 Å². The molecular weight excluding hydrogens is 234 g/mol. The molecule has 0 aliphatic carbocycles. The molecule has 1 aliphatic heterocycles. The minimum Gasteiger partial charge on any atom is -0.391 e. The quantitative estimate of drug-likeness (QED) is 0.845. The molecule has 1 fully saturated rings. The van der Waals surface area contributed by atoms with Crippen LogP contribution in [0.4, 0.5) is 0 Å². The lowest BCUT2D eigenvalue weighted by Crippen LogP contribution is -2.46. The van der Waals surface area contributed by atoms with Crippen LogP contribution in [0.2, 0.25) is 0 Å². The van der Waals surface area contributed by atoms with Crippen LogP contribution in [0, 0.1) is 0 Å². The molecule has 4 nitrogen and oxygen atoms in total. The van der Waals surface area contributed by atoms with Gasteiger partial charge in [0, 0.05) is 45.3 Å². The topological polar surface area (TPSA) is 39.6 Å². The Morgan fingerprint density at radius 3 is 2.59 bits per heavy atom. The number of aromatic nitrogens is 1. The number of aliphatic hydroxyl groups is 1. The van der Waals surface area contributed by atoms with Gasteiger partial charge in [-0.2, -0.15) is 0 Å². The van der Waals surface area contributed by atoms with Gasteiger partial charge in [0.1, 0.15) is 0 Å². The molecule has 2 rings (SSSR count). The molecule has 1 aliphatic rings. The van der Waals surface area contributed by atoms with Crippen molar-refractivity contribution in [2.24, 2.45) is 0 Å². The van der Waals surface area contributed by atoms with Crippen LogP contribution in [0.25, 0.3) is 0 Å². The predicted molar refractivity (Wildman–Crippen MR) is 70.3 cm³/mol. The zero-order valence-corrected chi connectivity index (χ0v) is 11.2. The van der Waals surface area contributed by atoms with Gasteiger partial charge in [-0.3, -0.25) is 0 Å². The van der Waals surface area contributed by atoms with Crippen molar-refractivity contribution in [3.05, 3.63) is 16.1 Å². The number of hydrogen-bond donors (Lipinski definition) is 1. The Morgan fingerprint density at radius 2 is 2.00 bits per heavy atom. The predicted octanol–water partition coefficient (Wildman–Crippen LogP) is 0.815. The van der Waals surface area contributed by atoms with Crippen LogP contribution in [0.3, 0.4) is 0 Å².